The van der Waals surface area contributed by atoms with Gasteiger partial charge in [0.15, 0.2) is 0 Å². The van der Waals surface area contributed by atoms with Crippen LogP contribution < -0.4 is 5.32 Å². The molecule has 2 aromatic rings. The normalized spacial score (nSPS) is 21.5. The number of likely N-dealkylation sites (tertiary alicyclic amines) is 1. The lowest BCUT2D eigenvalue weighted by Gasteiger charge is -2.38. The summed E-state index contributed by atoms with van der Waals surface area (Å²) >= 11 is 0. The fraction of sp³-hybridized carbons (Fsp3) is 0.458. The Hall–Kier alpha value is -2.31. The predicted octanol–water partition coefficient (Wildman–Crippen LogP) is 3.79. The summed E-state index contributed by atoms with van der Waals surface area (Å²) in [6, 6.07) is 12.9. The molecule has 2 saturated heterocycles. The number of hydrogen-bond donors (Lipinski definition) is 1. The average molecular weight is 414 g/mol. The maximum atomic E-state index is 13.4. The van der Waals surface area contributed by atoms with Crippen molar-refractivity contribution in [3.63, 3.8) is 0 Å². The van der Waals surface area contributed by atoms with Gasteiger partial charge in [-0.05, 0) is 67.6 Å². The van der Waals surface area contributed by atoms with E-state index in [1.165, 1.54) is 24.3 Å². The molecule has 0 radical (unpaired) electrons. The van der Waals surface area contributed by atoms with E-state index in [-0.39, 0.29) is 29.0 Å². The highest BCUT2D eigenvalue weighted by Gasteiger charge is 2.37. The second-order valence-corrected chi connectivity index (χ2v) is 8.37. The Balaban J connectivity index is 1.42. The van der Waals surface area contributed by atoms with E-state index in [0.29, 0.717) is 26.3 Å². The summed E-state index contributed by atoms with van der Waals surface area (Å²) in [7, 11) is 0. The zero-order valence-corrected chi connectivity index (χ0v) is 17.1. The number of halogens is 2. The molecule has 0 unspecified atom stereocenters. The molecule has 4 nitrogen and oxygen atoms in total. The van der Waals surface area contributed by atoms with E-state index in [1.807, 2.05) is 12.1 Å². The Morgan fingerprint density at radius 2 is 1.67 bits per heavy atom. The number of amides is 1. The van der Waals surface area contributed by atoms with Gasteiger partial charge in [-0.1, -0.05) is 24.3 Å². The van der Waals surface area contributed by atoms with E-state index in [0.717, 1.165) is 43.4 Å². The van der Waals surface area contributed by atoms with Gasteiger partial charge in [-0.2, -0.15) is 0 Å². The van der Waals surface area contributed by atoms with Gasteiger partial charge in [0.05, 0.1) is 6.04 Å². The number of carbonyl (C=O) groups excluding carboxylic acids is 1. The highest BCUT2D eigenvalue weighted by Crippen LogP contribution is 2.34. The molecule has 0 aromatic heterocycles. The summed E-state index contributed by atoms with van der Waals surface area (Å²) < 4.78 is 32.1. The van der Waals surface area contributed by atoms with Crippen LogP contribution in [0.3, 0.4) is 0 Å². The van der Waals surface area contributed by atoms with Crippen LogP contribution in [-0.4, -0.2) is 43.2 Å². The number of nitrogens with zero attached hydrogens (tertiary/aromatic N) is 1. The Labute approximate surface area is 176 Å². The minimum absolute atomic E-state index is 0.0302. The summed E-state index contributed by atoms with van der Waals surface area (Å²) in [6.07, 6.45) is 3.38. The number of ether oxygens (including phenoxy) is 1. The van der Waals surface area contributed by atoms with Crippen molar-refractivity contribution in [2.24, 2.45) is 0 Å². The molecule has 0 spiro atoms. The van der Waals surface area contributed by atoms with E-state index in [9.17, 15) is 13.6 Å². The first-order valence-electron chi connectivity index (χ1n) is 10.7. The molecule has 2 aliphatic heterocycles. The first kappa shape index (κ1) is 20.9. The van der Waals surface area contributed by atoms with Crippen LogP contribution in [0.5, 0.6) is 0 Å². The molecule has 6 heteroatoms. The van der Waals surface area contributed by atoms with Gasteiger partial charge in [-0.15, -0.1) is 0 Å². The third kappa shape index (κ3) is 4.71. The molecule has 30 heavy (non-hydrogen) atoms. The number of hydrogen-bond acceptors (Lipinski definition) is 3. The minimum Gasteiger partial charge on any atom is -0.381 e. The minimum atomic E-state index is -0.257. The molecule has 1 amide bonds. The van der Waals surface area contributed by atoms with Gasteiger partial charge < -0.3 is 10.1 Å². The maximum Gasteiger partial charge on any atom is 0.237 e. The molecular weight excluding hydrogens is 386 g/mol. The van der Waals surface area contributed by atoms with Crippen molar-refractivity contribution in [2.75, 3.05) is 26.3 Å². The SMILES string of the molecule is O=C(NCC1(c2ccc(F)cc2)CCOCC1)[C@@H]1CCCN1Cc1ccc(F)cc1. The van der Waals surface area contributed by atoms with E-state index in [1.54, 1.807) is 12.1 Å². The lowest BCUT2D eigenvalue weighted by molar-refractivity contribution is -0.126. The molecule has 0 bridgehead atoms. The molecular formula is C24H28F2N2O2. The molecule has 2 fully saturated rings. The van der Waals surface area contributed by atoms with Crippen LogP contribution in [0.4, 0.5) is 8.78 Å². The van der Waals surface area contributed by atoms with Gasteiger partial charge in [0.25, 0.3) is 0 Å². The van der Waals surface area contributed by atoms with Crippen LogP contribution >= 0.6 is 0 Å². The zero-order valence-electron chi connectivity index (χ0n) is 17.1. The van der Waals surface area contributed by atoms with Crippen molar-refractivity contribution in [1.82, 2.24) is 10.2 Å². The summed E-state index contributed by atoms with van der Waals surface area (Å²) in [4.78, 5) is 15.2. The van der Waals surface area contributed by atoms with Crippen molar-refractivity contribution in [3.05, 3.63) is 71.3 Å². The lowest BCUT2D eigenvalue weighted by atomic mass is 9.74. The summed E-state index contributed by atoms with van der Waals surface area (Å²) in [5, 5.41) is 3.18. The molecule has 0 aliphatic carbocycles. The number of carbonyl (C=O) groups is 1. The van der Waals surface area contributed by atoms with Crippen LogP contribution in [0.2, 0.25) is 0 Å². The van der Waals surface area contributed by atoms with Crippen LogP contribution in [0.25, 0.3) is 0 Å². The van der Waals surface area contributed by atoms with Crippen LogP contribution in [0, 0.1) is 11.6 Å². The molecule has 1 atom stereocenters. The van der Waals surface area contributed by atoms with Crippen molar-refractivity contribution in [1.29, 1.82) is 0 Å². The van der Waals surface area contributed by atoms with Crippen molar-refractivity contribution >= 4 is 5.91 Å². The summed E-state index contributed by atoms with van der Waals surface area (Å²) in [6.45, 7) is 3.27. The van der Waals surface area contributed by atoms with Crippen LogP contribution in [0.15, 0.2) is 48.5 Å². The predicted molar refractivity (Wildman–Crippen MR) is 111 cm³/mol. The Morgan fingerprint density at radius 1 is 1.03 bits per heavy atom. The van der Waals surface area contributed by atoms with Gasteiger partial charge >= 0.3 is 0 Å². The molecule has 4 rings (SSSR count). The third-order valence-corrected chi connectivity index (χ3v) is 6.47. The van der Waals surface area contributed by atoms with Gasteiger partial charge in [0, 0.05) is 31.7 Å². The smallest absolute Gasteiger partial charge is 0.237 e. The number of benzene rings is 2. The van der Waals surface area contributed by atoms with Crippen LogP contribution in [0.1, 0.15) is 36.8 Å². The van der Waals surface area contributed by atoms with Gasteiger partial charge in [0.1, 0.15) is 11.6 Å². The number of nitrogens with one attached hydrogen (secondary N) is 1. The highest BCUT2D eigenvalue weighted by molar-refractivity contribution is 5.82. The largest absolute Gasteiger partial charge is 0.381 e. The van der Waals surface area contributed by atoms with Crippen molar-refractivity contribution in [3.8, 4) is 0 Å². The fourth-order valence-corrected chi connectivity index (χ4v) is 4.64. The Morgan fingerprint density at radius 3 is 2.33 bits per heavy atom. The molecule has 0 saturated carbocycles. The third-order valence-electron chi connectivity index (χ3n) is 6.47. The van der Waals surface area contributed by atoms with Gasteiger partial charge in [-0.25, -0.2) is 8.78 Å². The topological polar surface area (TPSA) is 41.6 Å². The fourth-order valence-electron chi connectivity index (χ4n) is 4.64. The standard InChI is InChI=1S/C24H28F2N2O2/c25-20-7-3-18(4-8-20)16-28-13-1-2-22(28)23(29)27-17-24(11-14-30-15-12-24)19-5-9-21(26)10-6-19/h3-10,22H,1-2,11-17H2,(H,27,29)/t22-/m0/s1. The van der Waals surface area contributed by atoms with Crippen molar-refractivity contribution < 1.29 is 18.3 Å². The second kappa shape index (κ2) is 9.23. The first-order valence-corrected chi connectivity index (χ1v) is 10.7. The first-order chi connectivity index (χ1) is 14.6. The summed E-state index contributed by atoms with van der Waals surface area (Å²) in [5.74, 6) is -0.480. The van der Waals surface area contributed by atoms with E-state index in [2.05, 4.69) is 10.2 Å². The zero-order chi connectivity index (χ0) is 21.0. The number of rotatable bonds is 6. The Kier molecular flexibility index (Phi) is 6.44. The summed E-state index contributed by atoms with van der Waals surface area (Å²) in [5.41, 5.74) is 1.81. The quantitative estimate of drug-likeness (QED) is 0.782. The van der Waals surface area contributed by atoms with Crippen molar-refractivity contribution in [2.45, 2.75) is 43.7 Å². The molecule has 160 valence electrons. The monoisotopic (exact) mass is 414 g/mol. The molecule has 2 aliphatic rings. The van der Waals surface area contributed by atoms with Gasteiger partial charge in [-0.3, -0.25) is 9.69 Å². The Bertz CT molecular complexity index is 849. The molecule has 2 aromatic carbocycles. The van der Waals surface area contributed by atoms with Crippen LogP contribution in [-0.2, 0) is 21.5 Å². The highest BCUT2D eigenvalue weighted by atomic mass is 19.1. The maximum absolute atomic E-state index is 13.4. The lowest BCUT2D eigenvalue weighted by Crippen LogP contribution is -2.49. The molecule has 1 N–H and O–H groups in total. The van der Waals surface area contributed by atoms with E-state index < -0.39 is 0 Å². The average Bonchev–Trinajstić information content (AvgIpc) is 3.23. The van der Waals surface area contributed by atoms with Gasteiger partial charge in [0.2, 0.25) is 5.91 Å². The van der Waals surface area contributed by atoms with E-state index >= 15 is 0 Å². The molecule has 2 heterocycles. The second-order valence-electron chi connectivity index (χ2n) is 8.37. The van der Waals surface area contributed by atoms with E-state index in [4.69, 9.17) is 4.74 Å².